The van der Waals surface area contributed by atoms with E-state index in [0.29, 0.717) is 0 Å². The van der Waals surface area contributed by atoms with Crippen molar-refractivity contribution >= 4 is 5.96 Å². The van der Waals surface area contributed by atoms with Crippen molar-refractivity contribution in [3.8, 4) is 0 Å². The van der Waals surface area contributed by atoms with Crippen LogP contribution in [0.5, 0.6) is 0 Å². The Morgan fingerprint density at radius 2 is 2.08 bits per heavy atom. The van der Waals surface area contributed by atoms with E-state index in [1.54, 1.807) is 6.92 Å². The van der Waals surface area contributed by atoms with Crippen LogP contribution in [0.3, 0.4) is 0 Å². The fraction of sp³-hybridized carbons (Fsp3) is 0.737. The van der Waals surface area contributed by atoms with Crippen LogP contribution in [0.4, 0.5) is 0 Å². The molecule has 1 aromatic rings. The lowest BCUT2D eigenvalue weighted by Crippen LogP contribution is -2.43. The molecule has 0 aliphatic heterocycles. The van der Waals surface area contributed by atoms with Crippen LogP contribution in [0, 0.1) is 13.8 Å². The van der Waals surface area contributed by atoms with Crippen LogP contribution in [0.2, 0.25) is 0 Å². The predicted molar refractivity (Wildman–Crippen MR) is 102 cm³/mol. The number of hydrogen-bond donors (Lipinski definition) is 3. The van der Waals surface area contributed by atoms with Crippen LogP contribution in [0.25, 0.3) is 0 Å². The zero-order valence-corrected chi connectivity index (χ0v) is 16.4. The Labute approximate surface area is 151 Å². The van der Waals surface area contributed by atoms with Crippen molar-refractivity contribution in [3.05, 3.63) is 23.2 Å². The van der Waals surface area contributed by atoms with E-state index in [1.807, 2.05) is 26.8 Å². The van der Waals surface area contributed by atoms with Crippen LogP contribution >= 0.6 is 0 Å². The third-order valence-electron chi connectivity index (χ3n) is 4.67. The minimum atomic E-state index is -1.05. The summed E-state index contributed by atoms with van der Waals surface area (Å²) in [5, 5.41) is 17.4. The van der Waals surface area contributed by atoms with E-state index in [1.165, 1.54) is 12.8 Å². The number of guanidine groups is 1. The maximum Gasteiger partial charge on any atom is 0.191 e. The fourth-order valence-electron chi connectivity index (χ4n) is 3.18. The first-order valence-electron chi connectivity index (χ1n) is 9.43. The Bertz CT molecular complexity index is 576. The average molecular weight is 351 g/mol. The van der Waals surface area contributed by atoms with Gasteiger partial charge in [-0.3, -0.25) is 4.90 Å². The normalized spacial score (nSPS) is 17.6. The van der Waals surface area contributed by atoms with E-state index in [2.05, 4.69) is 27.4 Å². The topological polar surface area (TPSA) is 73.0 Å². The highest BCUT2D eigenvalue weighted by Crippen LogP contribution is 2.27. The van der Waals surface area contributed by atoms with E-state index in [9.17, 15) is 5.11 Å². The summed E-state index contributed by atoms with van der Waals surface area (Å²) in [6, 6.07) is 2.67. The first-order chi connectivity index (χ1) is 11.9. The van der Waals surface area contributed by atoms with Gasteiger partial charge < -0.3 is 20.2 Å². The summed E-state index contributed by atoms with van der Waals surface area (Å²) in [6.45, 7) is 13.8. The molecule has 1 unspecified atom stereocenters. The molecule has 0 radical (unpaired) electrons. The van der Waals surface area contributed by atoms with Gasteiger partial charge >= 0.3 is 0 Å². The van der Waals surface area contributed by atoms with Crippen molar-refractivity contribution in [3.63, 3.8) is 0 Å². The molecule has 142 valence electrons. The largest absolute Gasteiger partial charge is 0.466 e. The van der Waals surface area contributed by atoms with Crippen LogP contribution in [0.1, 0.15) is 50.7 Å². The minimum Gasteiger partial charge on any atom is -0.466 e. The molecule has 1 heterocycles. The smallest absolute Gasteiger partial charge is 0.191 e. The molecule has 0 spiro atoms. The van der Waals surface area contributed by atoms with Gasteiger partial charge in [0.1, 0.15) is 17.1 Å². The number of hydrogen-bond acceptors (Lipinski definition) is 4. The number of aliphatic hydroxyl groups is 1. The molecule has 1 aliphatic rings. The van der Waals surface area contributed by atoms with Gasteiger partial charge in [0.05, 0.1) is 6.54 Å². The second kappa shape index (κ2) is 8.72. The van der Waals surface area contributed by atoms with Crippen LogP contribution in [-0.4, -0.2) is 54.7 Å². The van der Waals surface area contributed by atoms with E-state index in [0.717, 1.165) is 55.3 Å². The number of aliphatic imine (C=N–C) groups is 1. The number of aryl methyl sites for hydroxylation is 2. The van der Waals surface area contributed by atoms with E-state index >= 15 is 0 Å². The zero-order valence-electron chi connectivity index (χ0n) is 16.4. The Kier molecular flexibility index (Phi) is 6.90. The SMILES string of the molecule is CCNC(=NCC(C)(O)c1cc(C)oc1C)NCCN(CC)C1CC1. The molecule has 0 amide bonds. The molecule has 1 saturated carbocycles. The first kappa shape index (κ1) is 19.8. The molecule has 0 bridgehead atoms. The van der Waals surface area contributed by atoms with Gasteiger partial charge in [-0.05, 0) is 53.1 Å². The van der Waals surface area contributed by atoms with Crippen LogP contribution in [-0.2, 0) is 5.60 Å². The molecule has 3 N–H and O–H groups in total. The first-order valence-corrected chi connectivity index (χ1v) is 9.43. The Balaban J connectivity index is 1.92. The molecule has 1 aromatic heterocycles. The molecule has 1 aliphatic carbocycles. The van der Waals surface area contributed by atoms with Gasteiger partial charge in [-0.25, -0.2) is 4.99 Å². The monoisotopic (exact) mass is 350 g/mol. The highest BCUT2D eigenvalue weighted by molar-refractivity contribution is 5.79. The quantitative estimate of drug-likeness (QED) is 0.470. The lowest BCUT2D eigenvalue weighted by atomic mass is 9.96. The third kappa shape index (κ3) is 5.75. The van der Waals surface area contributed by atoms with E-state index in [-0.39, 0.29) is 6.54 Å². The Morgan fingerprint density at radius 3 is 2.60 bits per heavy atom. The maximum atomic E-state index is 10.8. The van der Waals surface area contributed by atoms with Crippen molar-refractivity contribution in [1.82, 2.24) is 15.5 Å². The lowest BCUT2D eigenvalue weighted by Gasteiger charge is -2.23. The molecule has 0 aromatic carbocycles. The summed E-state index contributed by atoms with van der Waals surface area (Å²) in [5.74, 6) is 2.30. The highest BCUT2D eigenvalue weighted by Gasteiger charge is 2.28. The second-order valence-electron chi connectivity index (χ2n) is 7.08. The van der Waals surface area contributed by atoms with Gasteiger partial charge in [-0.2, -0.15) is 0 Å². The van der Waals surface area contributed by atoms with Gasteiger partial charge in [-0.1, -0.05) is 6.92 Å². The van der Waals surface area contributed by atoms with E-state index in [4.69, 9.17) is 4.42 Å². The number of furan rings is 1. The summed E-state index contributed by atoms with van der Waals surface area (Å²) >= 11 is 0. The standard InChI is InChI=1S/C19H34N4O2/c1-6-20-18(21-10-11-23(7-2)16-8-9-16)22-13-19(5,24)17-12-14(3)25-15(17)4/h12,16,24H,6-11,13H2,1-5H3,(H2,20,21,22). The molecular weight excluding hydrogens is 316 g/mol. The molecule has 6 nitrogen and oxygen atoms in total. The van der Waals surface area contributed by atoms with Crippen molar-refractivity contribution in [2.45, 2.75) is 59.1 Å². The third-order valence-corrected chi connectivity index (χ3v) is 4.67. The number of nitrogens with zero attached hydrogens (tertiary/aromatic N) is 2. The summed E-state index contributed by atoms with van der Waals surface area (Å²) in [5.41, 5.74) is -0.247. The molecule has 25 heavy (non-hydrogen) atoms. The number of likely N-dealkylation sites (N-methyl/N-ethyl adjacent to an activating group) is 1. The summed E-state index contributed by atoms with van der Waals surface area (Å²) < 4.78 is 5.54. The van der Waals surface area contributed by atoms with Gasteiger partial charge in [0.2, 0.25) is 0 Å². The Morgan fingerprint density at radius 1 is 1.36 bits per heavy atom. The minimum absolute atomic E-state index is 0.280. The molecule has 0 saturated heterocycles. The van der Waals surface area contributed by atoms with Crippen molar-refractivity contribution in [1.29, 1.82) is 0 Å². The van der Waals surface area contributed by atoms with Gasteiger partial charge in [0.15, 0.2) is 5.96 Å². The van der Waals surface area contributed by atoms with Crippen LogP contribution in [0.15, 0.2) is 15.5 Å². The summed E-state index contributed by atoms with van der Waals surface area (Å²) in [4.78, 5) is 7.08. The maximum absolute atomic E-state index is 10.8. The second-order valence-corrected chi connectivity index (χ2v) is 7.08. The van der Waals surface area contributed by atoms with Gasteiger partial charge in [0, 0.05) is 31.2 Å². The molecular formula is C19H34N4O2. The number of rotatable bonds is 9. The van der Waals surface area contributed by atoms with Gasteiger partial charge in [-0.15, -0.1) is 0 Å². The average Bonchev–Trinajstić information content (AvgIpc) is 3.33. The molecule has 1 atom stereocenters. The number of nitrogens with one attached hydrogen (secondary N) is 2. The van der Waals surface area contributed by atoms with Crippen molar-refractivity contribution < 1.29 is 9.52 Å². The molecule has 1 fully saturated rings. The van der Waals surface area contributed by atoms with Gasteiger partial charge in [0.25, 0.3) is 0 Å². The summed E-state index contributed by atoms with van der Waals surface area (Å²) in [6.07, 6.45) is 2.66. The van der Waals surface area contributed by atoms with Crippen molar-refractivity contribution in [2.75, 3.05) is 32.7 Å². The predicted octanol–water partition coefficient (Wildman–Crippen LogP) is 2.14. The summed E-state index contributed by atoms with van der Waals surface area (Å²) in [7, 11) is 0. The Hall–Kier alpha value is -1.53. The molecule has 2 rings (SSSR count). The van der Waals surface area contributed by atoms with Crippen LogP contribution < -0.4 is 10.6 Å². The highest BCUT2D eigenvalue weighted by atomic mass is 16.3. The van der Waals surface area contributed by atoms with E-state index < -0.39 is 5.60 Å². The van der Waals surface area contributed by atoms with Crippen molar-refractivity contribution in [2.24, 2.45) is 4.99 Å². The fourth-order valence-corrected chi connectivity index (χ4v) is 3.18. The molecule has 6 heteroatoms. The lowest BCUT2D eigenvalue weighted by molar-refractivity contribution is 0.0657. The zero-order chi connectivity index (χ0) is 18.4.